The van der Waals surface area contributed by atoms with Gasteiger partial charge in [-0.25, -0.2) is 0 Å². The summed E-state index contributed by atoms with van der Waals surface area (Å²) >= 11 is 0. The number of carboxylic acid groups (broad SMARTS) is 1. The van der Waals surface area contributed by atoms with Crippen LogP contribution in [-0.4, -0.2) is 16.6 Å². The molecule has 1 aromatic rings. The van der Waals surface area contributed by atoms with Crippen molar-refractivity contribution >= 4 is 17.2 Å². The molecule has 83 valence electrons. The van der Waals surface area contributed by atoms with E-state index in [0.29, 0.717) is 0 Å². The molecule has 1 aliphatic rings. The van der Waals surface area contributed by atoms with Crippen molar-refractivity contribution in [2.45, 2.75) is 18.9 Å². The molecule has 0 saturated heterocycles. The number of hydrogen-bond donors (Lipinski definition) is 2. The Bertz CT molecular complexity index is 464. The molecule has 0 fully saturated rings. The number of benzene rings is 1. The van der Waals surface area contributed by atoms with Crippen LogP contribution >= 0.6 is 0 Å². The van der Waals surface area contributed by atoms with Crippen molar-refractivity contribution in [2.75, 3.05) is 0 Å². The molecule has 1 aromatic carbocycles. The quantitative estimate of drug-likeness (QED) is 0.804. The Balaban J connectivity index is 2.24. The van der Waals surface area contributed by atoms with Gasteiger partial charge >= 0.3 is 5.97 Å². The first kappa shape index (κ1) is 10.7. The van der Waals surface area contributed by atoms with Crippen molar-refractivity contribution in [2.24, 2.45) is 5.73 Å². The molecule has 1 heterocycles. The average molecular weight is 217 g/mol. The third-order valence-electron chi connectivity index (χ3n) is 2.66. The van der Waals surface area contributed by atoms with Crippen LogP contribution in [0.25, 0.3) is 5.57 Å². The maximum absolute atomic E-state index is 10.9. The Morgan fingerprint density at radius 2 is 2.19 bits per heavy atom. The van der Waals surface area contributed by atoms with Crippen molar-refractivity contribution in [3.05, 3.63) is 36.0 Å². The van der Waals surface area contributed by atoms with Gasteiger partial charge in [0, 0.05) is 18.2 Å². The highest BCUT2D eigenvalue weighted by Crippen LogP contribution is 2.34. The smallest absolute Gasteiger partial charge is 0.323 e. The molecule has 0 saturated carbocycles. The summed E-state index contributed by atoms with van der Waals surface area (Å²) in [5, 5.41) is 13.2. The molecule has 1 aliphatic heterocycles. The predicted octanol–water partition coefficient (Wildman–Crippen LogP) is 1.47. The molecule has 1 radical (unpaired) electrons. The zero-order chi connectivity index (χ0) is 11.8. The van der Waals surface area contributed by atoms with Crippen molar-refractivity contribution < 1.29 is 9.90 Å². The number of aliphatic carboxylic acids is 1. The first-order valence-corrected chi connectivity index (χ1v) is 5.02. The second kappa shape index (κ2) is 3.64. The highest BCUT2D eigenvalue weighted by atomic mass is 16.4. The van der Waals surface area contributed by atoms with E-state index in [-0.39, 0.29) is 6.42 Å². The fourth-order valence-corrected chi connectivity index (χ4v) is 1.69. The molecule has 16 heavy (non-hydrogen) atoms. The number of fused-ring (bicyclic) bond motifs is 1. The molecule has 4 heteroatoms. The van der Waals surface area contributed by atoms with Crippen LogP contribution in [0.3, 0.4) is 0 Å². The van der Waals surface area contributed by atoms with Crippen molar-refractivity contribution in [3.63, 3.8) is 0 Å². The van der Waals surface area contributed by atoms with Crippen molar-refractivity contribution in [1.82, 2.24) is 5.32 Å². The minimum absolute atomic E-state index is 0.281. The van der Waals surface area contributed by atoms with Gasteiger partial charge in [0.15, 0.2) is 0 Å². The van der Waals surface area contributed by atoms with Crippen LogP contribution in [0.5, 0.6) is 0 Å². The van der Waals surface area contributed by atoms with E-state index >= 15 is 0 Å². The molecule has 0 amide bonds. The number of hydrogen-bond acceptors (Lipinski definition) is 2. The van der Waals surface area contributed by atoms with Crippen LogP contribution in [0, 0.1) is 0 Å². The Labute approximate surface area is 93.8 Å². The van der Waals surface area contributed by atoms with Crippen LogP contribution in [0.2, 0.25) is 0 Å². The van der Waals surface area contributed by atoms with E-state index in [1.165, 1.54) is 6.92 Å². The van der Waals surface area contributed by atoms with Gasteiger partial charge in [-0.1, -0.05) is 18.2 Å². The molecule has 4 nitrogen and oxygen atoms in total. The number of carboxylic acids is 1. The van der Waals surface area contributed by atoms with E-state index < -0.39 is 11.5 Å². The SMILES string of the molecule is C[C@](N)(CC1=C[N]c2ccccc21)C(=O)O. The lowest BCUT2D eigenvalue weighted by Crippen LogP contribution is -2.44. The normalized spacial score (nSPS) is 17.0. The molecule has 0 aromatic heterocycles. The number of carbonyl (C=O) groups is 1. The molecule has 1 atom stereocenters. The molecular weight excluding hydrogens is 204 g/mol. The summed E-state index contributed by atoms with van der Waals surface area (Å²) in [6.07, 6.45) is 1.97. The van der Waals surface area contributed by atoms with Gasteiger partial charge < -0.3 is 10.8 Å². The molecule has 0 aliphatic carbocycles. The van der Waals surface area contributed by atoms with Gasteiger partial charge in [0.1, 0.15) is 5.54 Å². The first-order chi connectivity index (χ1) is 7.50. The topological polar surface area (TPSA) is 77.4 Å². The van der Waals surface area contributed by atoms with Gasteiger partial charge in [0.2, 0.25) is 0 Å². The third-order valence-corrected chi connectivity index (χ3v) is 2.66. The van der Waals surface area contributed by atoms with Gasteiger partial charge in [-0.2, -0.15) is 0 Å². The third kappa shape index (κ3) is 1.79. The summed E-state index contributed by atoms with van der Waals surface area (Å²) in [7, 11) is 0. The Morgan fingerprint density at radius 1 is 1.50 bits per heavy atom. The maximum atomic E-state index is 10.9. The van der Waals surface area contributed by atoms with Gasteiger partial charge in [0.05, 0.1) is 5.69 Å². The monoisotopic (exact) mass is 217 g/mol. The molecule has 0 spiro atoms. The molecule has 3 N–H and O–H groups in total. The minimum atomic E-state index is -1.25. The first-order valence-electron chi connectivity index (χ1n) is 5.02. The van der Waals surface area contributed by atoms with Crippen molar-refractivity contribution in [1.29, 1.82) is 0 Å². The molecule has 2 rings (SSSR count). The predicted molar refractivity (Wildman–Crippen MR) is 61.1 cm³/mol. The number of nitrogens with zero attached hydrogens (tertiary/aromatic N) is 1. The molecule has 0 bridgehead atoms. The Hall–Kier alpha value is -1.81. The number of rotatable bonds is 3. The van der Waals surface area contributed by atoms with Crippen LogP contribution in [-0.2, 0) is 4.79 Å². The Morgan fingerprint density at radius 3 is 2.88 bits per heavy atom. The maximum Gasteiger partial charge on any atom is 0.323 e. The summed E-state index contributed by atoms with van der Waals surface area (Å²) in [6.45, 7) is 1.51. The van der Waals surface area contributed by atoms with E-state index in [9.17, 15) is 4.79 Å². The van der Waals surface area contributed by atoms with E-state index in [0.717, 1.165) is 16.8 Å². The van der Waals surface area contributed by atoms with Crippen molar-refractivity contribution in [3.8, 4) is 0 Å². The van der Waals surface area contributed by atoms with E-state index in [2.05, 4.69) is 5.32 Å². The fourth-order valence-electron chi connectivity index (χ4n) is 1.69. The van der Waals surface area contributed by atoms with Gasteiger partial charge in [-0.3, -0.25) is 10.1 Å². The lowest BCUT2D eigenvalue weighted by atomic mass is 9.91. The summed E-state index contributed by atoms with van der Waals surface area (Å²) in [4.78, 5) is 10.9. The highest BCUT2D eigenvalue weighted by molar-refractivity contribution is 5.85. The molecular formula is C12H13N2O2. The van der Waals surface area contributed by atoms with Crippen LogP contribution in [0.4, 0.5) is 5.69 Å². The largest absolute Gasteiger partial charge is 0.480 e. The number of nitrogens with two attached hydrogens (primary N) is 1. The summed E-state index contributed by atoms with van der Waals surface area (Å²) < 4.78 is 0. The van der Waals surface area contributed by atoms with Crippen LogP contribution in [0.15, 0.2) is 30.5 Å². The molecule has 0 unspecified atom stereocenters. The lowest BCUT2D eigenvalue weighted by Gasteiger charge is -2.19. The lowest BCUT2D eigenvalue weighted by molar-refractivity contribution is -0.142. The zero-order valence-corrected chi connectivity index (χ0v) is 8.97. The van der Waals surface area contributed by atoms with Gasteiger partial charge in [-0.05, 0) is 18.6 Å². The highest BCUT2D eigenvalue weighted by Gasteiger charge is 2.31. The van der Waals surface area contributed by atoms with Crippen LogP contribution in [0.1, 0.15) is 18.9 Å². The summed E-state index contributed by atoms with van der Waals surface area (Å²) in [5.74, 6) is -1.00. The van der Waals surface area contributed by atoms with E-state index in [1.807, 2.05) is 24.3 Å². The van der Waals surface area contributed by atoms with Crippen LogP contribution < -0.4 is 11.1 Å². The Kier molecular flexibility index (Phi) is 2.44. The standard InChI is InChI=1S/C12H13N2O2/c1-12(13,11(15)16)6-8-7-14-10-5-3-2-4-9(8)10/h2-5,7H,6,13H2,1H3,(H,15,16)/t12-/m0/s1. The second-order valence-corrected chi connectivity index (χ2v) is 4.20. The zero-order valence-electron chi connectivity index (χ0n) is 8.97. The fraction of sp³-hybridized carbons (Fsp3) is 0.250. The average Bonchev–Trinajstić information content (AvgIpc) is 2.61. The van der Waals surface area contributed by atoms with Gasteiger partial charge in [-0.15, -0.1) is 0 Å². The number of para-hydroxylation sites is 1. The minimum Gasteiger partial charge on any atom is -0.480 e. The van der Waals surface area contributed by atoms with Gasteiger partial charge in [0.25, 0.3) is 0 Å². The summed E-state index contributed by atoms with van der Waals surface area (Å²) in [6, 6.07) is 7.63. The second-order valence-electron chi connectivity index (χ2n) is 4.20. The summed E-state index contributed by atoms with van der Waals surface area (Å²) in [5.41, 5.74) is 7.19. The van der Waals surface area contributed by atoms with E-state index in [4.69, 9.17) is 10.8 Å². The van der Waals surface area contributed by atoms with E-state index in [1.54, 1.807) is 6.20 Å².